The number of nitrogens with zero attached hydrogens (tertiary/aromatic N) is 4. The van der Waals surface area contributed by atoms with Gasteiger partial charge in [0.1, 0.15) is 24.1 Å². The van der Waals surface area contributed by atoms with Crippen LogP contribution in [0.1, 0.15) is 5.56 Å². The van der Waals surface area contributed by atoms with Gasteiger partial charge in [0.05, 0.1) is 19.3 Å². The summed E-state index contributed by atoms with van der Waals surface area (Å²) < 4.78 is 15.5. The van der Waals surface area contributed by atoms with Gasteiger partial charge in [-0.3, -0.25) is 14.2 Å². The minimum Gasteiger partial charge on any atom is -0.394 e. The summed E-state index contributed by atoms with van der Waals surface area (Å²) in [7, 11) is 0. The molecule has 0 radical (unpaired) electrons. The van der Waals surface area contributed by atoms with Gasteiger partial charge in [-0.2, -0.15) is 5.10 Å². The van der Waals surface area contributed by atoms with Gasteiger partial charge in [0.2, 0.25) is 5.91 Å². The number of benzene rings is 1. The van der Waals surface area contributed by atoms with Crippen molar-refractivity contribution in [2.75, 3.05) is 6.61 Å². The average Bonchev–Trinajstić information content (AvgIpc) is 3.01. The lowest BCUT2D eigenvalue weighted by Gasteiger charge is -2.07. The number of halogens is 1. The Hall–Kier alpha value is -3.07. The first-order chi connectivity index (χ1) is 12.1. The molecule has 3 aromatic rings. The topological polar surface area (TPSA) is 102 Å². The maximum atomic E-state index is 12.8. The largest absolute Gasteiger partial charge is 0.394 e. The second-order valence-electron chi connectivity index (χ2n) is 5.41. The summed E-state index contributed by atoms with van der Waals surface area (Å²) in [6, 6.07) is 5.78. The van der Waals surface area contributed by atoms with Gasteiger partial charge in [-0.25, -0.2) is 14.1 Å². The van der Waals surface area contributed by atoms with Crippen LogP contribution in [-0.4, -0.2) is 37.0 Å². The van der Waals surface area contributed by atoms with Crippen molar-refractivity contribution in [3.05, 3.63) is 58.5 Å². The first-order valence-electron chi connectivity index (χ1n) is 7.61. The van der Waals surface area contributed by atoms with Crippen molar-refractivity contribution in [1.82, 2.24) is 24.6 Å². The van der Waals surface area contributed by atoms with Crippen molar-refractivity contribution in [3.8, 4) is 0 Å². The molecule has 1 aromatic carbocycles. The second-order valence-corrected chi connectivity index (χ2v) is 5.41. The molecule has 0 aliphatic rings. The molecule has 0 fully saturated rings. The first-order valence-corrected chi connectivity index (χ1v) is 7.61. The summed E-state index contributed by atoms with van der Waals surface area (Å²) >= 11 is 0. The SMILES string of the molecule is O=C(Cn1cnc2c(cnn2CCO)c1=O)NCc1ccc(F)cc1. The molecule has 0 spiro atoms. The molecule has 2 heterocycles. The van der Waals surface area contributed by atoms with Gasteiger partial charge >= 0.3 is 0 Å². The Morgan fingerprint density at radius 2 is 2.04 bits per heavy atom. The van der Waals surface area contributed by atoms with Gasteiger partial charge in [0.25, 0.3) is 5.56 Å². The molecule has 2 aromatic heterocycles. The molecule has 1 amide bonds. The quantitative estimate of drug-likeness (QED) is 0.657. The van der Waals surface area contributed by atoms with Crippen LogP contribution in [0.5, 0.6) is 0 Å². The van der Waals surface area contributed by atoms with Crippen molar-refractivity contribution < 1.29 is 14.3 Å². The van der Waals surface area contributed by atoms with Crippen LogP contribution in [0.3, 0.4) is 0 Å². The van der Waals surface area contributed by atoms with Crippen molar-refractivity contribution in [1.29, 1.82) is 0 Å². The lowest BCUT2D eigenvalue weighted by atomic mass is 10.2. The van der Waals surface area contributed by atoms with E-state index in [1.54, 1.807) is 12.1 Å². The van der Waals surface area contributed by atoms with E-state index < -0.39 is 0 Å². The monoisotopic (exact) mass is 345 g/mol. The Morgan fingerprint density at radius 1 is 1.28 bits per heavy atom. The number of hydrogen-bond donors (Lipinski definition) is 2. The van der Waals surface area contributed by atoms with Gasteiger partial charge in [0.15, 0.2) is 5.65 Å². The lowest BCUT2D eigenvalue weighted by molar-refractivity contribution is -0.121. The van der Waals surface area contributed by atoms with Crippen LogP contribution in [0.4, 0.5) is 4.39 Å². The molecule has 130 valence electrons. The fourth-order valence-electron chi connectivity index (χ4n) is 2.38. The fourth-order valence-corrected chi connectivity index (χ4v) is 2.38. The van der Waals surface area contributed by atoms with Crippen molar-refractivity contribution in [3.63, 3.8) is 0 Å². The molecule has 9 heteroatoms. The zero-order valence-electron chi connectivity index (χ0n) is 13.2. The zero-order chi connectivity index (χ0) is 17.8. The third-order valence-corrected chi connectivity index (χ3v) is 3.65. The molecule has 0 aliphatic carbocycles. The Labute approximate surface area is 141 Å². The molecular weight excluding hydrogens is 329 g/mol. The number of nitrogens with one attached hydrogen (secondary N) is 1. The number of rotatable bonds is 6. The maximum absolute atomic E-state index is 12.8. The van der Waals surface area contributed by atoms with Gasteiger partial charge in [-0.15, -0.1) is 0 Å². The van der Waals surface area contributed by atoms with E-state index in [-0.39, 0.29) is 48.9 Å². The number of aromatic nitrogens is 4. The van der Waals surface area contributed by atoms with Crippen LogP contribution in [0.15, 0.2) is 41.6 Å². The number of carbonyl (C=O) groups is 1. The minimum atomic E-state index is -0.383. The van der Waals surface area contributed by atoms with Crippen LogP contribution >= 0.6 is 0 Å². The summed E-state index contributed by atoms with van der Waals surface area (Å²) in [5.74, 6) is -0.710. The summed E-state index contributed by atoms with van der Waals surface area (Å²) in [6.07, 6.45) is 2.64. The number of fused-ring (bicyclic) bond motifs is 1. The molecule has 3 rings (SSSR count). The van der Waals surface area contributed by atoms with Gasteiger partial charge < -0.3 is 10.4 Å². The average molecular weight is 345 g/mol. The zero-order valence-corrected chi connectivity index (χ0v) is 13.2. The van der Waals surface area contributed by atoms with E-state index in [0.717, 1.165) is 5.56 Å². The molecule has 2 N–H and O–H groups in total. The Kier molecular flexibility index (Phi) is 4.85. The van der Waals surface area contributed by atoms with Crippen LogP contribution < -0.4 is 10.9 Å². The molecule has 25 heavy (non-hydrogen) atoms. The molecular formula is C16H16FN5O3. The van der Waals surface area contributed by atoms with Crippen molar-refractivity contribution >= 4 is 16.9 Å². The predicted octanol–water partition coefficient (Wildman–Crippen LogP) is 0.0408. The predicted molar refractivity (Wildman–Crippen MR) is 87.1 cm³/mol. The molecule has 0 atom stereocenters. The smallest absolute Gasteiger partial charge is 0.264 e. The van der Waals surface area contributed by atoms with Crippen LogP contribution in [0, 0.1) is 5.82 Å². The van der Waals surface area contributed by atoms with Gasteiger partial charge in [0, 0.05) is 6.54 Å². The fraction of sp³-hybridized carbons (Fsp3) is 0.250. The molecule has 0 unspecified atom stereocenters. The normalized spacial score (nSPS) is 11.0. The number of aliphatic hydroxyl groups is 1. The maximum Gasteiger partial charge on any atom is 0.264 e. The summed E-state index contributed by atoms with van der Waals surface area (Å²) in [5.41, 5.74) is 0.731. The Bertz CT molecular complexity index is 949. The number of hydrogen-bond acceptors (Lipinski definition) is 5. The highest BCUT2D eigenvalue weighted by Gasteiger charge is 2.12. The highest BCUT2D eigenvalue weighted by Crippen LogP contribution is 2.05. The van der Waals surface area contributed by atoms with Gasteiger partial charge in [-0.05, 0) is 17.7 Å². The third kappa shape index (κ3) is 3.72. The Balaban J connectivity index is 1.69. The highest BCUT2D eigenvalue weighted by atomic mass is 19.1. The minimum absolute atomic E-state index is 0.118. The lowest BCUT2D eigenvalue weighted by Crippen LogP contribution is -2.32. The Morgan fingerprint density at radius 3 is 2.76 bits per heavy atom. The van der Waals surface area contributed by atoms with E-state index in [2.05, 4.69) is 15.4 Å². The second kappa shape index (κ2) is 7.22. The summed E-state index contributed by atoms with van der Waals surface area (Å²) in [6.45, 7) is 0.164. The van der Waals surface area contributed by atoms with Crippen molar-refractivity contribution in [2.24, 2.45) is 0 Å². The van der Waals surface area contributed by atoms with Crippen molar-refractivity contribution in [2.45, 2.75) is 19.6 Å². The molecule has 0 saturated carbocycles. The van der Waals surface area contributed by atoms with E-state index in [9.17, 15) is 14.0 Å². The van der Waals surface area contributed by atoms with Crippen LogP contribution in [-0.2, 0) is 24.4 Å². The van der Waals surface area contributed by atoms with Crippen LogP contribution in [0.25, 0.3) is 11.0 Å². The number of aliphatic hydroxyl groups excluding tert-OH is 1. The molecule has 0 saturated heterocycles. The van der Waals surface area contributed by atoms with E-state index in [1.165, 1.54) is 33.9 Å². The van der Waals surface area contributed by atoms with E-state index in [0.29, 0.717) is 5.65 Å². The third-order valence-electron chi connectivity index (χ3n) is 3.65. The number of carbonyl (C=O) groups excluding carboxylic acids is 1. The van der Waals surface area contributed by atoms with E-state index in [4.69, 9.17) is 5.11 Å². The molecule has 8 nitrogen and oxygen atoms in total. The summed E-state index contributed by atoms with van der Waals surface area (Å²) in [4.78, 5) is 28.5. The number of amides is 1. The van der Waals surface area contributed by atoms with Crippen LogP contribution in [0.2, 0.25) is 0 Å². The van der Waals surface area contributed by atoms with E-state index >= 15 is 0 Å². The summed E-state index contributed by atoms with van der Waals surface area (Å²) in [5, 5.41) is 15.9. The highest BCUT2D eigenvalue weighted by molar-refractivity contribution is 5.77. The standard InChI is InChI=1S/C16H16FN5O3/c17-12-3-1-11(2-4-12)7-18-14(24)9-21-10-19-15-13(16(21)25)8-20-22(15)5-6-23/h1-4,8,10,23H,5-7,9H2,(H,18,24). The van der Waals surface area contributed by atoms with Gasteiger partial charge in [-0.1, -0.05) is 12.1 Å². The molecule has 0 aliphatic heterocycles. The van der Waals surface area contributed by atoms with E-state index in [1.807, 2.05) is 0 Å². The first kappa shape index (κ1) is 16.8. The molecule has 0 bridgehead atoms.